The predicted octanol–water partition coefficient (Wildman–Crippen LogP) is 2.06. The monoisotopic (exact) mass is 290 g/mol. The Balaban J connectivity index is 2.02. The third kappa shape index (κ3) is 3.42. The molecule has 0 saturated heterocycles. The van der Waals surface area contributed by atoms with Crippen LogP contribution in [-0.2, 0) is 9.53 Å². The number of thiazole rings is 1. The van der Waals surface area contributed by atoms with Crippen LogP contribution in [0.1, 0.15) is 10.5 Å². The summed E-state index contributed by atoms with van der Waals surface area (Å²) in [6.45, 7) is -0.274. The Morgan fingerprint density at radius 2 is 1.95 bits per heavy atom. The van der Waals surface area contributed by atoms with E-state index in [2.05, 4.69) is 4.98 Å². The molecule has 5 nitrogen and oxygen atoms in total. The highest BCUT2D eigenvalue weighted by Gasteiger charge is 2.15. The molecule has 0 aliphatic carbocycles. The van der Waals surface area contributed by atoms with E-state index in [1.165, 1.54) is 16.2 Å². The molecular formula is C14H14N2O3S. The molecule has 20 heavy (non-hydrogen) atoms. The van der Waals surface area contributed by atoms with Crippen LogP contribution in [0.15, 0.2) is 35.7 Å². The van der Waals surface area contributed by atoms with Gasteiger partial charge in [0, 0.05) is 25.0 Å². The number of carbonyl (C=O) groups is 2. The third-order valence-corrected chi connectivity index (χ3v) is 3.45. The van der Waals surface area contributed by atoms with Crippen LogP contribution in [0.25, 0.3) is 10.6 Å². The van der Waals surface area contributed by atoms with Gasteiger partial charge in [0.25, 0.3) is 5.91 Å². The van der Waals surface area contributed by atoms with Crippen LogP contribution < -0.4 is 0 Å². The maximum Gasteiger partial charge on any atom is 0.358 e. The molecule has 0 unspecified atom stereocenters. The fourth-order valence-electron chi connectivity index (χ4n) is 1.41. The quantitative estimate of drug-likeness (QED) is 0.809. The number of hydrogen-bond donors (Lipinski definition) is 0. The van der Waals surface area contributed by atoms with E-state index in [0.717, 1.165) is 10.6 Å². The second-order valence-electron chi connectivity index (χ2n) is 4.27. The van der Waals surface area contributed by atoms with Crippen LogP contribution in [0.3, 0.4) is 0 Å². The van der Waals surface area contributed by atoms with Gasteiger partial charge in [0.15, 0.2) is 12.3 Å². The molecule has 0 aliphatic heterocycles. The summed E-state index contributed by atoms with van der Waals surface area (Å²) in [6, 6.07) is 9.57. The summed E-state index contributed by atoms with van der Waals surface area (Å²) in [4.78, 5) is 28.7. The number of likely N-dealkylation sites (N-methyl/N-ethyl adjacent to an activating group) is 1. The zero-order valence-corrected chi connectivity index (χ0v) is 12.0. The number of nitrogens with zero attached hydrogens (tertiary/aromatic N) is 2. The molecule has 2 rings (SSSR count). The van der Waals surface area contributed by atoms with Crippen molar-refractivity contribution in [2.45, 2.75) is 0 Å². The van der Waals surface area contributed by atoms with E-state index in [4.69, 9.17) is 4.74 Å². The summed E-state index contributed by atoms with van der Waals surface area (Å²) in [5.74, 6) is -0.851. The lowest BCUT2D eigenvalue weighted by molar-refractivity contribution is -0.131. The van der Waals surface area contributed by atoms with E-state index < -0.39 is 5.97 Å². The van der Waals surface area contributed by atoms with Gasteiger partial charge in [-0.3, -0.25) is 4.79 Å². The normalized spacial score (nSPS) is 10.1. The Bertz CT molecular complexity index is 608. The largest absolute Gasteiger partial charge is 0.451 e. The van der Waals surface area contributed by atoms with Gasteiger partial charge in [-0.15, -0.1) is 11.3 Å². The van der Waals surface area contributed by atoms with Crippen LogP contribution in [-0.4, -0.2) is 42.5 Å². The first-order chi connectivity index (χ1) is 9.58. The molecule has 0 aliphatic rings. The number of carbonyl (C=O) groups excluding carboxylic acids is 2. The van der Waals surface area contributed by atoms with Crippen LogP contribution >= 0.6 is 11.3 Å². The van der Waals surface area contributed by atoms with E-state index >= 15 is 0 Å². The number of aromatic nitrogens is 1. The maximum absolute atomic E-state index is 11.8. The van der Waals surface area contributed by atoms with Crippen molar-refractivity contribution < 1.29 is 14.3 Å². The first-order valence-corrected chi connectivity index (χ1v) is 6.84. The van der Waals surface area contributed by atoms with Gasteiger partial charge >= 0.3 is 5.97 Å². The lowest BCUT2D eigenvalue weighted by atomic mass is 10.2. The lowest BCUT2D eigenvalue weighted by Gasteiger charge is -2.09. The second kappa shape index (κ2) is 6.29. The minimum atomic E-state index is -0.585. The topological polar surface area (TPSA) is 59.5 Å². The smallest absolute Gasteiger partial charge is 0.358 e. The molecule has 6 heteroatoms. The summed E-state index contributed by atoms with van der Waals surface area (Å²) in [5.41, 5.74) is 1.17. The van der Waals surface area contributed by atoms with E-state index in [1.807, 2.05) is 30.3 Å². The number of esters is 1. The Morgan fingerprint density at radius 3 is 2.60 bits per heavy atom. The predicted molar refractivity (Wildman–Crippen MR) is 76.5 cm³/mol. The van der Waals surface area contributed by atoms with Gasteiger partial charge in [-0.05, 0) is 0 Å². The van der Waals surface area contributed by atoms with Crippen LogP contribution in [0.4, 0.5) is 0 Å². The Hall–Kier alpha value is -2.21. The van der Waals surface area contributed by atoms with Crippen molar-refractivity contribution in [2.24, 2.45) is 0 Å². The Kier molecular flexibility index (Phi) is 4.47. The van der Waals surface area contributed by atoms with Crippen molar-refractivity contribution in [3.63, 3.8) is 0 Å². The van der Waals surface area contributed by atoms with Gasteiger partial charge in [0.05, 0.1) is 0 Å². The van der Waals surface area contributed by atoms with Crippen LogP contribution in [0.5, 0.6) is 0 Å². The number of rotatable bonds is 4. The maximum atomic E-state index is 11.8. The van der Waals surface area contributed by atoms with Crippen molar-refractivity contribution in [2.75, 3.05) is 20.7 Å². The highest BCUT2D eigenvalue weighted by Crippen LogP contribution is 2.23. The van der Waals surface area contributed by atoms with Crippen molar-refractivity contribution >= 4 is 23.2 Å². The molecule has 0 saturated carbocycles. The fraction of sp³-hybridized carbons (Fsp3) is 0.214. The molecule has 104 valence electrons. The zero-order chi connectivity index (χ0) is 14.5. The summed E-state index contributed by atoms with van der Waals surface area (Å²) in [5, 5.41) is 2.38. The van der Waals surface area contributed by atoms with Gasteiger partial charge in [-0.25, -0.2) is 9.78 Å². The van der Waals surface area contributed by atoms with E-state index in [1.54, 1.807) is 19.5 Å². The summed E-state index contributed by atoms with van der Waals surface area (Å²) < 4.78 is 4.91. The van der Waals surface area contributed by atoms with Crippen molar-refractivity contribution in [1.82, 2.24) is 9.88 Å². The molecule has 0 bridgehead atoms. The standard InChI is InChI=1S/C14H14N2O3S/c1-16(2)12(17)8-19-14(18)11-9-20-13(15-11)10-6-4-3-5-7-10/h3-7,9H,8H2,1-2H3. The Morgan fingerprint density at radius 1 is 1.25 bits per heavy atom. The molecule has 0 spiro atoms. The number of amides is 1. The average molecular weight is 290 g/mol. The molecule has 1 aromatic heterocycles. The van der Waals surface area contributed by atoms with Crippen LogP contribution in [0.2, 0.25) is 0 Å². The summed E-state index contributed by atoms with van der Waals surface area (Å²) in [7, 11) is 3.21. The molecule has 0 N–H and O–H groups in total. The first kappa shape index (κ1) is 14.2. The molecule has 0 radical (unpaired) electrons. The highest BCUT2D eigenvalue weighted by molar-refractivity contribution is 7.13. The molecule has 1 amide bonds. The zero-order valence-electron chi connectivity index (χ0n) is 11.2. The minimum Gasteiger partial charge on any atom is -0.451 e. The third-order valence-electron chi connectivity index (χ3n) is 2.56. The van der Waals surface area contributed by atoms with E-state index in [0.29, 0.717) is 0 Å². The van der Waals surface area contributed by atoms with Gasteiger partial charge < -0.3 is 9.64 Å². The minimum absolute atomic E-state index is 0.223. The number of hydrogen-bond acceptors (Lipinski definition) is 5. The molecule has 1 aromatic carbocycles. The van der Waals surface area contributed by atoms with Gasteiger partial charge in [-0.1, -0.05) is 30.3 Å². The molecular weight excluding hydrogens is 276 g/mol. The second-order valence-corrected chi connectivity index (χ2v) is 5.13. The van der Waals surface area contributed by atoms with Crippen LogP contribution in [0, 0.1) is 0 Å². The number of ether oxygens (including phenoxy) is 1. The first-order valence-electron chi connectivity index (χ1n) is 5.96. The van der Waals surface area contributed by atoms with Gasteiger partial charge in [0.1, 0.15) is 5.01 Å². The fourth-order valence-corrected chi connectivity index (χ4v) is 2.21. The molecule has 0 fully saturated rings. The van der Waals surface area contributed by atoms with Crippen molar-refractivity contribution in [1.29, 1.82) is 0 Å². The SMILES string of the molecule is CN(C)C(=O)COC(=O)c1csc(-c2ccccc2)n1. The average Bonchev–Trinajstić information content (AvgIpc) is 2.95. The highest BCUT2D eigenvalue weighted by atomic mass is 32.1. The Labute approximate surface area is 120 Å². The molecule has 2 aromatic rings. The van der Waals surface area contributed by atoms with E-state index in [9.17, 15) is 9.59 Å². The summed E-state index contributed by atoms with van der Waals surface area (Å²) >= 11 is 1.36. The van der Waals surface area contributed by atoms with Gasteiger partial charge in [-0.2, -0.15) is 0 Å². The lowest BCUT2D eigenvalue weighted by Crippen LogP contribution is -2.27. The van der Waals surface area contributed by atoms with Crippen molar-refractivity contribution in [3.8, 4) is 10.6 Å². The number of benzene rings is 1. The van der Waals surface area contributed by atoms with E-state index in [-0.39, 0.29) is 18.2 Å². The van der Waals surface area contributed by atoms with Gasteiger partial charge in [0.2, 0.25) is 0 Å². The van der Waals surface area contributed by atoms with Crippen molar-refractivity contribution in [3.05, 3.63) is 41.4 Å². The molecule has 0 atom stereocenters. The summed E-state index contributed by atoms with van der Waals surface area (Å²) in [6.07, 6.45) is 0. The molecule has 1 heterocycles.